The van der Waals surface area contributed by atoms with Crippen molar-refractivity contribution in [1.29, 1.82) is 0 Å². The van der Waals surface area contributed by atoms with Crippen LogP contribution in [0, 0.1) is 0 Å². The van der Waals surface area contributed by atoms with Crippen LogP contribution in [0.1, 0.15) is 0 Å². The van der Waals surface area contributed by atoms with Crippen LogP contribution in [0.5, 0.6) is 5.75 Å². The third-order valence-corrected chi connectivity index (χ3v) is 4.58. The number of aromatic nitrogens is 2. The van der Waals surface area contributed by atoms with Crippen LogP contribution in [0.25, 0.3) is 11.5 Å². The van der Waals surface area contributed by atoms with E-state index in [9.17, 15) is 4.79 Å². The molecule has 0 N–H and O–H groups in total. The lowest BCUT2D eigenvalue weighted by Crippen LogP contribution is -2.55. The first kappa shape index (κ1) is 22.5. The zero-order chi connectivity index (χ0) is 18.5. The smallest absolute Gasteiger partial charge is 0.227 e. The molecule has 9 heteroatoms. The predicted molar refractivity (Wildman–Crippen MR) is 115 cm³/mol. The van der Waals surface area contributed by atoms with E-state index in [0.29, 0.717) is 37.9 Å². The highest BCUT2D eigenvalue weighted by atomic mass is 35.5. The SMILES string of the molecule is Cl.Cl.O=CN1CCN(c2coc(-c3ccccc3)n2)CC1COc1cccnc1. The molecule has 29 heavy (non-hydrogen) atoms. The van der Waals surface area contributed by atoms with E-state index < -0.39 is 0 Å². The van der Waals surface area contributed by atoms with E-state index >= 15 is 0 Å². The maximum atomic E-state index is 11.4. The lowest BCUT2D eigenvalue weighted by Gasteiger charge is -2.39. The van der Waals surface area contributed by atoms with E-state index in [1.54, 1.807) is 23.6 Å². The molecular weight excluding hydrogens is 415 g/mol. The van der Waals surface area contributed by atoms with E-state index in [1.165, 1.54) is 0 Å². The van der Waals surface area contributed by atoms with Gasteiger partial charge in [-0.2, -0.15) is 4.98 Å². The number of oxazole rings is 1. The van der Waals surface area contributed by atoms with Crippen LogP contribution in [-0.4, -0.2) is 53.6 Å². The number of anilines is 1. The van der Waals surface area contributed by atoms with Crippen LogP contribution in [0.4, 0.5) is 5.82 Å². The number of halogens is 2. The van der Waals surface area contributed by atoms with Crippen molar-refractivity contribution in [1.82, 2.24) is 14.9 Å². The summed E-state index contributed by atoms with van der Waals surface area (Å²) in [6.45, 7) is 2.32. The molecule has 0 aliphatic carbocycles. The highest BCUT2D eigenvalue weighted by molar-refractivity contribution is 5.85. The summed E-state index contributed by atoms with van der Waals surface area (Å²) in [7, 11) is 0. The second kappa shape index (κ2) is 10.7. The highest BCUT2D eigenvalue weighted by Gasteiger charge is 2.28. The summed E-state index contributed by atoms with van der Waals surface area (Å²) in [5, 5.41) is 0. The number of ether oxygens (including phenoxy) is 1. The normalized spacial score (nSPS) is 15.8. The van der Waals surface area contributed by atoms with Gasteiger partial charge >= 0.3 is 0 Å². The molecule has 0 spiro atoms. The second-order valence-electron chi connectivity index (χ2n) is 6.32. The summed E-state index contributed by atoms with van der Waals surface area (Å²) in [6, 6.07) is 13.4. The van der Waals surface area contributed by atoms with Crippen molar-refractivity contribution in [2.24, 2.45) is 0 Å². The Morgan fingerprint density at radius 1 is 1.14 bits per heavy atom. The minimum atomic E-state index is -0.0756. The van der Waals surface area contributed by atoms with Gasteiger partial charge in [0.05, 0.1) is 12.2 Å². The molecule has 1 aliphatic heterocycles. The molecule has 3 aromatic rings. The Bertz CT molecular complexity index is 880. The fraction of sp³-hybridized carbons (Fsp3) is 0.250. The van der Waals surface area contributed by atoms with Gasteiger partial charge < -0.3 is 19.0 Å². The van der Waals surface area contributed by atoms with E-state index in [0.717, 1.165) is 17.8 Å². The molecule has 2 aromatic heterocycles. The van der Waals surface area contributed by atoms with Crippen LogP contribution >= 0.6 is 24.8 Å². The van der Waals surface area contributed by atoms with Gasteiger partial charge in [-0.05, 0) is 24.3 Å². The van der Waals surface area contributed by atoms with E-state index in [4.69, 9.17) is 9.15 Å². The van der Waals surface area contributed by atoms with Crippen molar-refractivity contribution in [3.8, 4) is 17.2 Å². The van der Waals surface area contributed by atoms with Crippen molar-refractivity contribution >= 4 is 37.0 Å². The molecule has 0 saturated carbocycles. The van der Waals surface area contributed by atoms with Gasteiger partial charge in [0.2, 0.25) is 12.3 Å². The Labute approximate surface area is 181 Å². The summed E-state index contributed by atoms with van der Waals surface area (Å²) >= 11 is 0. The van der Waals surface area contributed by atoms with Crippen LogP contribution in [0.15, 0.2) is 65.5 Å². The molecule has 154 valence electrons. The van der Waals surface area contributed by atoms with Gasteiger partial charge in [-0.15, -0.1) is 24.8 Å². The van der Waals surface area contributed by atoms with Crippen molar-refractivity contribution in [2.75, 3.05) is 31.1 Å². The maximum absolute atomic E-state index is 11.4. The molecule has 4 rings (SSSR count). The maximum Gasteiger partial charge on any atom is 0.227 e. The summed E-state index contributed by atoms with van der Waals surface area (Å²) in [4.78, 5) is 24.0. The molecular formula is C20H22Cl2N4O3. The molecule has 7 nitrogen and oxygen atoms in total. The average Bonchev–Trinajstić information content (AvgIpc) is 3.24. The number of hydrogen-bond acceptors (Lipinski definition) is 6. The monoisotopic (exact) mass is 436 g/mol. The number of nitrogens with zero attached hydrogens (tertiary/aromatic N) is 4. The zero-order valence-corrected chi connectivity index (χ0v) is 17.2. The number of rotatable bonds is 6. The fourth-order valence-electron chi connectivity index (χ4n) is 3.11. The third kappa shape index (κ3) is 5.40. The number of piperazine rings is 1. The quantitative estimate of drug-likeness (QED) is 0.551. The largest absolute Gasteiger partial charge is 0.490 e. The average molecular weight is 437 g/mol. The molecule has 1 aliphatic rings. The standard InChI is InChI=1S/C20H20N4O3.2ClH/c25-15-24-10-9-23(12-17(24)13-26-18-7-4-8-21-11-18)19-14-27-20(22-19)16-5-2-1-3-6-16;;/h1-8,11,14-15,17H,9-10,12-13H2;2*1H. The Hall–Kier alpha value is -2.77. The first-order valence-corrected chi connectivity index (χ1v) is 8.83. The summed E-state index contributed by atoms with van der Waals surface area (Å²) in [6.07, 6.45) is 5.90. The van der Waals surface area contributed by atoms with Gasteiger partial charge in [-0.1, -0.05) is 18.2 Å². The summed E-state index contributed by atoms with van der Waals surface area (Å²) in [5.41, 5.74) is 0.937. The van der Waals surface area contributed by atoms with E-state index in [1.807, 2.05) is 42.5 Å². The number of pyridine rings is 1. The number of benzene rings is 1. The first-order chi connectivity index (χ1) is 13.3. The molecule has 1 saturated heterocycles. The molecule has 1 atom stereocenters. The molecule has 1 unspecified atom stereocenters. The molecule has 1 amide bonds. The Morgan fingerprint density at radius 3 is 2.69 bits per heavy atom. The lowest BCUT2D eigenvalue weighted by atomic mass is 10.2. The highest BCUT2D eigenvalue weighted by Crippen LogP contribution is 2.24. The predicted octanol–water partition coefficient (Wildman–Crippen LogP) is 3.31. The lowest BCUT2D eigenvalue weighted by molar-refractivity contribution is -0.121. The first-order valence-electron chi connectivity index (χ1n) is 8.83. The number of carbonyl (C=O) groups excluding carboxylic acids is 1. The van der Waals surface area contributed by atoms with E-state index in [-0.39, 0.29) is 30.9 Å². The van der Waals surface area contributed by atoms with Crippen molar-refractivity contribution in [3.63, 3.8) is 0 Å². The molecule has 1 aromatic carbocycles. The molecule has 0 radical (unpaired) electrons. The molecule has 1 fully saturated rings. The van der Waals surface area contributed by atoms with Gasteiger partial charge in [0, 0.05) is 31.4 Å². The van der Waals surface area contributed by atoms with Crippen LogP contribution < -0.4 is 9.64 Å². The van der Waals surface area contributed by atoms with Gasteiger partial charge in [-0.3, -0.25) is 9.78 Å². The number of amides is 1. The van der Waals surface area contributed by atoms with E-state index in [2.05, 4.69) is 14.9 Å². The molecule has 0 bridgehead atoms. The Balaban J connectivity index is 0.00000150. The zero-order valence-electron chi connectivity index (χ0n) is 15.6. The summed E-state index contributed by atoms with van der Waals surface area (Å²) < 4.78 is 11.4. The van der Waals surface area contributed by atoms with Crippen molar-refractivity contribution in [3.05, 3.63) is 61.1 Å². The van der Waals surface area contributed by atoms with Gasteiger partial charge in [-0.25, -0.2) is 0 Å². The Kier molecular flexibility index (Phi) is 8.30. The molecule has 3 heterocycles. The minimum absolute atomic E-state index is 0. The van der Waals surface area contributed by atoms with Crippen LogP contribution in [0.3, 0.4) is 0 Å². The minimum Gasteiger partial charge on any atom is -0.490 e. The van der Waals surface area contributed by atoms with Crippen LogP contribution in [0.2, 0.25) is 0 Å². The van der Waals surface area contributed by atoms with Gasteiger partial charge in [0.1, 0.15) is 18.6 Å². The topological polar surface area (TPSA) is 71.7 Å². The number of hydrogen-bond donors (Lipinski definition) is 0. The van der Waals surface area contributed by atoms with Gasteiger partial charge in [0.15, 0.2) is 5.82 Å². The van der Waals surface area contributed by atoms with Crippen molar-refractivity contribution in [2.45, 2.75) is 6.04 Å². The van der Waals surface area contributed by atoms with Gasteiger partial charge in [0.25, 0.3) is 0 Å². The third-order valence-electron chi connectivity index (χ3n) is 4.58. The second-order valence-corrected chi connectivity index (χ2v) is 6.32. The van der Waals surface area contributed by atoms with Crippen LogP contribution in [-0.2, 0) is 4.79 Å². The summed E-state index contributed by atoms with van der Waals surface area (Å²) in [5.74, 6) is 2.05. The Morgan fingerprint density at radius 2 is 1.97 bits per heavy atom. The van der Waals surface area contributed by atoms with Crippen molar-refractivity contribution < 1.29 is 13.9 Å². The fourth-order valence-corrected chi connectivity index (χ4v) is 3.11. The number of carbonyl (C=O) groups is 1.